The number of esters is 1. The summed E-state index contributed by atoms with van der Waals surface area (Å²) >= 11 is 0. The van der Waals surface area contributed by atoms with Crippen molar-refractivity contribution in [1.82, 2.24) is 5.32 Å². The summed E-state index contributed by atoms with van der Waals surface area (Å²) in [6.07, 6.45) is 5.90. The molecule has 4 nitrogen and oxygen atoms in total. The monoisotopic (exact) mass is 257 g/mol. The van der Waals surface area contributed by atoms with Crippen molar-refractivity contribution in [1.29, 1.82) is 0 Å². The number of methoxy groups -OCH3 is 1. The molecule has 0 fully saturated rings. The highest BCUT2D eigenvalue weighted by atomic mass is 16.5. The topological polar surface area (TPSA) is 47.6 Å². The predicted molar refractivity (Wildman–Crippen MR) is 73.6 cm³/mol. The van der Waals surface area contributed by atoms with E-state index in [2.05, 4.69) is 17.0 Å². The average molecular weight is 257 g/mol. The first-order chi connectivity index (χ1) is 8.76. The minimum absolute atomic E-state index is 0.234. The fraction of sp³-hybridized carbons (Fsp3) is 0.786. The molecule has 0 aliphatic heterocycles. The van der Waals surface area contributed by atoms with Crippen molar-refractivity contribution in [3.8, 4) is 0 Å². The predicted octanol–water partition coefficient (Wildman–Crippen LogP) is 2.29. The molecule has 0 unspecified atom stereocenters. The van der Waals surface area contributed by atoms with E-state index in [-0.39, 0.29) is 5.97 Å². The van der Waals surface area contributed by atoms with Crippen LogP contribution in [0.3, 0.4) is 0 Å². The van der Waals surface area contributed by atoms with Crippen LogP contribution in [0.4, 0.5) is 0 Å². The highest BCUT2D eigenvalue weighted by Crippen LogP contribution is 2.01. The number of ether oxygens (including phenoxy) is 2. The molecule has 0 radical (unpaired) electrons. The normalized spacial score (nSPS) is 11.6. The van der Waals surface area contributed by atoms with Gasteiger partial charge in [0.25, 0.3) is 0 Å². The van der Waals surface area contributed by atoms with E-state index >= 15 is 0 Å². The van der Waals surface area contributed by atoms with Gasteiger partial charge in [0.1, 0.15) is 0 Å². The van der Waals surface area contributed by atoms with Gasteiger partial charge in [0.15, 0.2) is 0 Å². The maximum Gasteiger partial charge on any atom is 0.333 e. The number of nitrogens with one attached hydrogen (secondary N) is 1. The molecule has 0 aromatic heterocycles. The molecule has 0 bridgehead atoms. The van der Waals surface area contributed by atoms with Gasteiger partial charge in [0.2, 0.25) is 0 Å². The van der Waals surface area contributed by atoms with Crippen molar-refractivity contribution in [3.05, 3.63) is 11.6 Å². The second-order valence-electron chi connectivity index (χ2n) is 4.10. The van der Waals surface area contributed by atoms with Crippen LogP contribution in [0.2, 0.25) is 0 Å². The fourth-order valence-electron chi connectivity index (χ4n) is 1.45. The molecule has 0 heterocycles. The van der Waals surface area contributed by atoms with Gasteiger partial charge < -0.3 is 14.8 Å². The third-order valence-electron chi connectivity index (χ3n) is 2.61. The highest BCUT2D eigenvalue weighted by molar-refractivity contribution is 5.88. The average Bonchev–Trinajstić information content (AvgIpc) is 2.40. The van der Waals surface area contributed by atoms with E-state index in [1.54, 1.807) is 0 Å². The summed E-state index contributed by atoms with van der Waals surface area (Å²) in [5.41, 5.74) is 0.726. The van der Waals surface area contributed by atoms with Crippen LogP contribution >= 0.6 is 0 Å². The van der Waals surface area contributed by atoms with Gasteiger partial charge in [-0.3, -0.25) is 0 Å². The lowest BCUT2D eigenvalue weighted by Crippen LogP contribution is -2.18. The zero-order valence-electron chi connectivity index (χ0n) is 12.0. The van der Waals surface area contributed by atoms with Gasteiger partial charge in [-0.1, -0.05) is 26.3 Å². The number of hydrogen-bond acceptors (Lipinski definition) is 4. The lowest BCUT2D eigenvalue weighted by atomic mass is 10.2. The molecule has 0 aliphatic carbocycles. The number of carbonyl (C=O) groups excluding carboxylic acids is 1. The van der Waals surface area contributed by atoms with E-state index in [1.165, 1.54) is 13.5 Å². The summed E-state index contributed by atoms with van der Waals surface area (Å²) in [4.78, 5) is 11.3. The number of unbranched alkanes of at least 4 members (excludes halogenated alkanes) is 1. The molecular formula is C14H27NO3. The third kappa shape index (κ3) is 9.19. The van der Waals surface area contributed by atoms with Crippen molar-refractivity contribution in [2.24, 2.45) is 0 Å². The summed E-state index contributed by atoms with van der Waals surface area (Å²) in [5.74, 6) is -0.234. The molecule has 106 valence electrons. The Hall–Kier alpha value is -0.870. The third-order valence-corrected chi connectivity index (χ3v) is 2.61. The molecule has 4 heteroatoms. The van der Waals surface area contributed by atoms with Gasteiger partial charge in [-0.2, -0.15) is 0 Å². The largest absolute Gasteiger partial charge is 0.466 e. The van der Waals surface area contributed by atoms with Crippen LogP contribution in [0.1, 0.15) is 39.5 Å². The second kappa shape index (κ2) is 12.6. The molecule has 0 spiro atoms. The molecule has 0 aromatic carbocycles. The number of rotatable bonds is 11. The molecular weight excluding hydrogens is 230 g/mol. The van der Waals surface area contributed by atoms with Crippen LogP contribution in [0, 0.1) is 0 Å². The molecule has 18 heavy (non-hydrogen) atoms. The molecule has 0 aliphatic rings. The van der Waals surface area contributed by atoms with Crippen LogP contribution in [0.25, 0.3) is 0 Å². The second-order valence-corrected chi connectivity index (χ2v) is 4.10. The molecule has 0 saturated carbocycles. The maximum atomic E-state index is 11.3. The fourth-order valence-corrected chi connectivity index (χ4v) is 1.45. The summed E-state index contributed by atoms with van der Waals surface area (Å²) in [6, 6.07) is 0. The summed E-state index contributed by atoms with van der Waals surface area (Å²) in [7, 11) is 1.41. The minimum Gasteiger partial charge on any atom is -0.466 e. The Morgan fingerprint density at radius 2 is 1.94 bits per heavy atom. The zero-order valence-corrected chi connectivity index (χ0v) is 12.0. The number of carbonyl (C=O) groups is 1. The van der Waals surface area contributed by atoms with Gasteiger partial charge in [0.05, 0.1) is 7.11 Å². The van der Waals surface area contributed by atoms with E-state index in [4.69, 9.17) is 4.74 Å². The Labute approximate surface area is 111 Å². The first-order valence-electron chi connectivity index (χ1n) is 6.82. The standard InChI is InChI=1S/C14H27NO3/c1-4-6-11-18-12-7-9-15-10-8-13(5-2)14(16)17-3/h8,15H,4-7,9-12H2,1-3H3/b13-8-. The Morgan fingerprint density at radius 3 is 2.56 bits per heavy atom. The van der Waals surface area contributed by atoms with Gasteiger partial charge >= 0.3 is 5.97 Å². The van der Waals surface area contributed by atoms with Crippen LogP contribution in [-0.4, -0.2) is 39.4 Å². The summed E-state index contributed by atoms with van der Waals surface area (Å²) < 4.78 is 10.1. The van der Waals surface area contributed by atoms with Gasteiger partial charge in [-0.15, -0.1) is 0 Å². The smallest absolute Gasteiger partial charge is 0.333 e. The first-order valence-corrected chi connectivity index (χ1v) is 6.82. The van der Waals surface area contributed by atoms with Gasteiger partial charge in [-0.05, 0) is 25.8 Å². The van der Waals surface area contributed by atoms with Crippen LogP contribution in [0.15, 0.2) is 11.6 Å². The highest BCUT2D eigenvalue weighted by Gasteiger charge is 2.05. The van der Waals surface area contributed by atoms with E-state index in [9.17, 15) is 4.79 Å². The van der Waals surface area contributed by atoms with Crippen molar-refractivity contribution in [2.45, 2.75) is 39.5 Å². The lowest BCUT2D eigenvalue weighted by molar-refractivity contribution is -0.136. The SMILES string of the molecule is CCCCOCCCNC/C=C(/CC)C(=O)OC. The Bertz CT molecular complexity index is 239. The summed E-state index contributed by atoms with van der Waals surface area (Å²) in [5, 5.41) is 3.26. The van der Waals surface area contributed by atoms with Crippen molar-refractivity contribution in [3.63, 3.8) is 0 Å². The van der Waals surface area contributed by atoms with Crippen molar-refractivity contribution >= 4 is 5.97 Å². The van der Waals surface area contributed by atoms with E-state index in [0.717, 1.165) is 38.2 Å². The van der Waals surface area contributed by atoms with E-state index in [1.807, 2.05) is 13.0 Å². The quantitative estimate of drug-likeness (QED) is 0.350. The Balaban J connectivity index is 3.48. The lowest BCUT2D eigenvalue weighted by Gasteiger charge is -2.05. The first kappa shape index (κ1) is 17.1. The van der Waals surface area contributed by atoms with Crippen LogP contribution < -0.4 is 5.32 Å². The van der Waals surface area contributed by atoms with Crippen molar-refractivity contribution < 1.29 is 14.3 Å². The van der Waals surface area contributed by atoms with E-state index in [0.29, 0.717) is 13.0 Å². The zero-order chi connectivity index (χ0) is 13.6. The van der Waals surface area contributed by atoms with Crippen LogP contribution in [-0.2, 0) is 14.3 Å². The molecule has 0 atom stereocenters. The van der Waals surface area contributed by atoms with Gasteiger partial charge in [-0.25, -0.2) is 4.79 Å². The molecule has 0 saturated heterocycles. The molecule has 1 N–H and O–H groups in total. The Kier molecular flexibility index (Phi) is 12.0. The molecule has 0 aromatic rings. The maximum absolute atomic E-state index is 11.3. The van der Waals surface area contributed by atoms with E-state index < -0.39 is 0 Å². The molecule has 0 rings (SSSR count). The number of hydrogen-bond donors (Lipinski definition) is 1. The minimum atomic E-state index is -0.234. The van der Waals surface area contributed by atoms with Gasteiger partial charge in [0, 0.05) is 25.3 Å². The molecule has 0 amide bonds. The van der Waals surface area contributed by atoms with Crippen molar-refractivity contribution in [2.75, 3.05) is 33.4 Å². The summed E-state index contributed by atoms with van der Waals surface area (Å²) in [6.45, 7) is 7.37. The Morgan fingerprint density at radius 1 is 1.22 bits per heavy atom. The van der Waals surface area contributed by atoms with Crippen LogP contribution in [0.5, 0.6) is 0 Å².